The molecule has 1 nitrogen and oxygen atoms in total. The molecule has 72 valence electrons. The van der Waals surface area contributed by atoms with E-state index in [2.05, 4.69) is 38.1 Å². The number of aryl methyl sites for hydroxylation is 1. The minimum Gasteiger partial charge on any atom is -0.330 e. The van der Waals surface area contributed by atoms with Crippen molar-refractivity contribution in [3.05, 3.63) is 35.4 Å². The highest BCUT2D eigenvalue weighted by Crippen LogP contribution is 2.25. The Hall–Kier alpha value is -0.820. The Morgan fingerprint density at radius 3 is 2.54 bits per heavy atom. The van der Waals surface area contributed by atoms with Gasteiger partial charge in [-0.05, 0) is 43.4 Å². The summed E-state index contributed by atoms with van der Waals surface area (Å²) in [5.41, 5.74) is 8.45. The van der Waals surface area contributed by atoms with Gasteiger partial charge < -0.3 is 5.73 Å². The van der Waals surface area contributed by atoms with Crippen LogP contribution in [0, 0.1) is 6.92 Å². The van der Waals surface area contributed by atoms with E-state index in [1.807, 2.05) is 0 Å². The molecule has 0 saturated carbocycles. The van der Waals surface area contributed by atoms with Crippen LogP contribution in [0.1, 0.15) is 36.8 Å². The molecule has 2 N–H and O–H groups in total. The molecule has 1 heteroatoms. The Morgan fingerprint density at radius 2 is 2.00 bits per heavy atom. The molecule has 0 saturated heterocycles. The van der Waals surface area contributed by atoms with E-state index < -0.39 is 0 Å². The summed E-state index contributed by atoms with van der Waals surface area (Å²) in [7, 11) is 0. The lowest BCUT2D eigenvalue weighted by Gasteiger charge is -2.16. The maximum atomic E-state index is 5.59. The van der Waals surface area contributed by atoms with Gasteiger partial charge in [-0.1, -0.05) is 31.2 Å². The molecular weight excluding hydrogens is 158 g/mol. The molecule has 0 spiro atoms. The van der Waals surface area contributed by atoms with Crippen LogP contribution in [0.15, 0.2) is 24.3 Å². The summed E-state index contributed by atoms with van der Waals surface area (Å²) in [6, 6.07) is 8.60. The molecule has 0 aliphatic rings. The van der Waals surface area contributed by atoms with E-state index in [1.165, 1.54) is 17.5 Å². The highest BCUT2D eigenvalue weighted by molar-refractivity contribution is 5.28. The van der Waals surface area contributed by atoms with E-state index in [0.717, 1.165) is 13.0 Å². The highest BCUT2D eigenvalue weighted by Gasteiger charge is 2.09. The van der Waals surface area contributed by atoms with Crippen molar-refractivity contribution in [2.45, 2.75) is 32.6 Å². The number of hydrogen-bond donors (Lipinski definition) is 1. The Morgan fingerprint density at radius 1 is 1.31 bits per heavy atom. The molecule has 1 atom stereocenters. The lowest BCUT2D eigenvalue weighted by atomic mass is 9.90. The first-order chi connectivity index (χ1) is 6.29. The molecule has 1 aromatic carbocycles. The van der Waals surface area contributed by atoms with Crippen molar-refractivity contribution in [1.82, 2.24) is 0 Å². The van der Waals surface area contributed by atoms with E-state index in [4.69, 9.17) is 5.73 Å². The maximum absolute atomic E-state index is 5.59. The molecule has 0 radical (unpaired) electrons. The van der Waals surface area contributed by atoms with E-state index in [-0.39, 0.29) is 0 Å². The van der Waals surface area contributed by atoms with Crippen molar-refractivity contribution in [3.63, 3.8) is 0 Å². The number of rotatable bonds is 4. The molecule has 0 amide bonds. The quantitative estimate of drug-likeness (QED) is 0.752. The van der Waals surface area contributed by atoms with E-state index in [9.17, 15) is 0 Å². The number of hydrogen-bond acceptors (Lipinski definition) is 1. The molecule has 0 heterocycles. The van der Waals surface area contributed by atoms with Crippen LogP contribution < -0.4 is 5.73 Å². The van der Waals surface area contributed by atoms with Crippen LogP contribution in [-0.4, -0.2) is 6.54 Å². The summed E-state index contributed by atoms with van der Waals surface area (Å²) in [6.45, 7) is 5.19. The molecule has 0 aromatic heterocycles. The molecule has 0 aliphatic carbocycles. The van der Waals surface area contributed by atoms with Crippen molar-refractivity contribution in [2.75, 3.05) is 6.54 Å². The second kappa shape index (κ2) is 5.03. The molecule has 13 heavy (non-hydrogen) atoms. The van der Waals surface area contributed by atoms with E-state index in [0.29, 0.717) is 5.92 Å². The van der Waals surface area contributed by atoms with Gasteiger partial charge in [0.15, 0.2) is 0 Å². The summed E-state index contributed by atoms with van der Waals surface area (Å²) < 4.78 is 0. The average molecular weight is 177 g/mol. The van der Waals surface area contributed by atoms with Gasteiger partial charge in [0, 0.05) is 0 Å². The van der Waals surface area contributed by atoms with Gasteiger partial charge in [-0.15, -0.1) is 0 Å². The van der Waals surface area contributed by atoms with Crippen molar-refractivity contribution in [1.29, 1.82) is 0 Å². The first-order valence-corrected chi connectivity index (χ1v) is 5.05. The third-order valence-electron chi connectivity index (χ3n) is 2.64. The Bertz CT molecular complexity index is 255. The third kappa shape index (κ3) is 2.56. The van der Waals surface area contributed by atoms with Gasteiger partial charge in [0.2, 0.25) is 0 Å². The summed E-state index contributed by atoms with van der Waals surface area (Å²) in [5.74, 6) is 0.645. The SMILES string of the molecule is CCC(CCN)c1ccccc1C. The fourth-order valence-electron chi connectivity index (χ4n) is 1.83. The van der Waals surface area contributed by atoms with Gasteiger partial charge >= 0.3 is 0 Å². The summed E-state index contributed by atoms with van der Waals surface area (Å²) in [6.07, 6.45) is 2.28. The van der Waals surface area contributed by atoms with Crippen LogP contribution in [0.5, 0.6) is 0 Å². The Labute approximate surface area is 81.0 Å². The lowest BCUT2D eigenvalue weighted by Crippen LogP contribution is -2.07. The summed E-state index contributed by atoms with van der Waals surface area (Å²) >= 11 is 0. The van der Waals surface area contributed by atoms with Gasteiger partial charge in [0.05, 0.1) is 0 Å². The first-order valence-electron chi connectivity index (χ1n) is 5.05. The highest BCUT2D eigenvalue weighted by atomic mass is 14.5. The minimum absolute atomic E-state index is 0.645. The monoisotopic (exact) mass is 177 g/mol. The predicted octanol–water partition coefficient (Wildman–Crippen LogP) is 2.84. The van der Waals surface area contributed by atoms with Crippen molar-refractivity contribution in [3.8, 4) is 0 Å². The fourth-order valence-corrected chi connectivity index (χ4v) is 1.83. The first kappa shape index (κ1) is 10.3. The van der Waals surface area contributed by atoms with Crippen molar-refractivity contribution >= 4 is 0 Å². The van der Waals surface area contributed by atoms with Crippen LogP contribution in [-0.2, 0) is 0 Å². The van der Waals surface area contributed by atoms with Gasteiger partial charge in [-0.3, -0.25) is 0 Å². The van der Waals surface area contributed by atoms with Crippen molar-refractivity contribution < 1.29 is 0 Å². The summed E-state index contributed by atoms with van der Waals surface area (Å²) in [5, 5.41) is 0. The average Bonchev–Trinajstić information content (AvgIpc) is 2.16. The zero-order chi connectivity index (χ0) is 9.68. The number of benzene rings is 1. The normalized spacial score (nSPS) is 12.8. The molecule has 1 rings (SSSR count). The zero-order valence-corrected chi connectivity index (χ0v) is 8.59. The van der Waals surface area contributed by atoms with E-state index >= 15 is 0 Å². The predicted molar refractivity (Wildman–Crippen MR) is 57.9 cm³/mol. The third-order valence-corrected chi connectivity index (χ3v) is 2.64. The molecule has 1 unspecified atom stereocenters. The smallest absolute Gasteiger partial charge is 0.00714 e. The second-order valence-corrected chi connectivity index (χ2v) is 3.54. The van der Waals surface area contributed by atoms with Gasteiger partial charge in [-0.25, -0.2) is 0 Å². The number of nitrogens with two attached hydrogens (primary N) is 1. The summed E-state index contributed by atoms with van der Waals surface area (Å²) in [4.78, 5) is 0. The Kier molecular flexibility index (Phi) is 3.97. The van der Waals surface area contributed by atoms with Crippen LogP contribution in [0.4, 0.5) is 0 Å². The molecule has 0 fully saturated rings. The van der Waals surface area contributed by atoms with Crippen molar-refractivity contribution in [2.24, 2.45) is 5.73 Å². The maximum Gasteiger partial charge on any atom is -0.00714 e. The Balaban J connectivity index is 2.84. The van der Waals surface area contributed by atoms with E-state index in [1.54, 1.807) is 0 Å². The van der Waals surface area contributed by atoms with Gasteiger partial charge in [0.25, 0.3) is 0 Å². The van der Waals surface area contributed by atoms with Crippen LogP contribution in [0.2, 0.25) is 0 Å². The lowest BCUT2D eigenvalue weighted by molar-refractivity contribution is 0.611. The fraction of sp³-hybridized carbons (Fsp3) is 0.500. The van der Waals surface area contributed by atoms with Crippen LogP contribution in [0.3, 0.4) is 0 Å². The molecule has 0 aliphatic heterocycles. The van der Waals surface area contributed by atoms with Crippen LogP contribution in [0.25, 0.3) is 0 Å². The standard InChI is InChI=1S/C12H19N/c1-3-11(8-9-13)12-7-5-4-6-10(12)2/h4-7,11H,3,8-9,13H2,1-2H3. The topological polar surface area (TPSA) is 26.0 Å². The minimum atomic E-state index is 0.645. The van der Waals surface area contributed by atoms with Crippen LogP contribution >= 0.6 is 0 Å². The molecular formula is C12H19N. The second-order valence-electron chi connectivity index (χ2n) is 3.54. The van der Waals surface area contributed by atoms with Gasteiger partial charge in [-0.2, -0.15) is 0 Å². The zero-order valence-electron chi connectivity index (χ0n) is 8.59. The van der Waals surface area contributed by atoms with Gasteiger partial charge in [0.1, 0.15) is 0 Å². The molecule has 0 bridgehead atoms. The largest absolute Gasteiger partial charge is 0.330 e. The molecule has 1 aromatic rings.